The lowest BCUT2D eigenvalue weighted by molar-refractivity contribution is 0.0371. The van der Waals surface area contributed by atoms with Crippen molar-refractivity contribution in [3.8, 4) is 5.75 Å². The number of rotatable bonds is 7. The van der Waals surface area contributed by atoms with Gasteiger partial charge < -0.3 is 40.1 Å². The number of aromatic nitrogens is 1. The molecular formula is C26H38N6O6. The normalized spacial score (nSPS) is 18.1. The van der Waals surface area contributed by atoms with Crippen LogP contribution in [0.25, 0.3) is 0 Å². The maximum absolute atomic E-state index is 13.5. The smallest absolute Gasteiger partial charge is 0.321 e. The van der Waals surface area contributed by atoms with Crippen molar-refractivity contribution in [1.82, 2.24) is 20.3 Å². The molecule has 12 nitrogen and oxygen atoms in total. The number of amides is 5. The number of likely N-dealkylation sites (N-methyl/N-ethyl adjacent to an activating group) is 1. The maximum Gasteiger partial charge on any atom is 0.321 e. The molecule has 5 amide bonds. The van der Waals surface area contributed by atoms with E-state index in [2.05, 4.69) is 21.1 Å². The van der Waals surface area contributed by atoms with Crippen molar-refractivity contribution in [3.05, 3.63) is 35.2 Å². The molecule has 1 aliphatic heterocycles. The molecule has 1 aromatic carbocycles. The number of hydrogen-bond donors (Lipinski definition) is 4. The highest BCUT2D eigenvalue weighted by atomic mass is 16.5. The van der Waals surface area contributed by atoms with Gasteiger partial charge in [0.2, 0.25) is 0 Å². The quantitative estimate of drug-likeness (QED) is 0.429. The molecule has 1 aromatic heterocycles. The molecule has 0 aliphatic carbocycles. The lowest BCUT2D eigenvalue weighted by atomic mass is 9.99. The van der Waals surface area contributed by atoms with E-state index in [1.807, 2.05) is 20.8 Å². The Morgan fingerprint density at radius 3 is 2.55 bits per heavy atom. The van der Waals surface area contributed by atoms with Gasteiger partial charge in [-0.2, -0.15) is 0 Å². The molecule has 3 atom stereocenters. The SMILES string of the molecule is Cc1noc(C)c1NC(=O)N(C)C[C@@H]1Oc2ccc(NC(=O)NC(C)C)cc2C(=O)N([C@@H](C)CO)C[C@H]1C. The number of hydrogen-bond acceptors (Lipinski definition) is 7. The standard InChI is InChI=1S/C26H38N6O6/c1-14(2)27-25(35)28-19-8-9-21-20(10-19)24(34)32(16(4)13-33)11-15(3)22(37-21)12-31(7)26(36)29-23-17(5)30-38-18(23)6/h8-10,14-16,22,33H,11-13H2,1-7H3,(H,29,36)(H2,27,28,35)/t15-,16+,22+/m1/s1. The summed E-state index contributed by atoms with van der Waals surface area (Å²) in [7, 11) is 1.66. The second kappa shape index (κ2) is 12.2. The second-order valence-corrected chi connectivity index (χ2v) is 10.1. The molecule has 3 rings (SSSR count). The van der Waals surface area contributed by atoms with Crippen LogP contribution in [0, 0.1) is 19.8 Å². The Morgan fingerprint density at radius 2 is 1.95 bits per heavy atom. The zero-order valence-corrected chi connectivity index (χ0v) is 23.0. The predicted molar refractivity (Wildman–Crippen MR) is 143 cm³/mol. The average Bonchev–Trinajstić information content (AvgIpc) is 3.17. The predicted octanol–water partition coefficient (Wildman–Crippen LogP) is 3.21. The number of nitrogens with one attached hydrogen (secondary N) is 3. The molecule has 0 saturated heterocycles. The second-order valence-electron chi connectivity index (χ2n) is 10.1. The minimum atomic E-state index is -0.473. The Labute approximate surface area is 222 Å². The molecule has 38 heavy (non-hydrogen) atoms. The molecule has 0 spiro atoms. The number of ether oxygens (including phenoxy) is 1. The van der Waals surface area contributed by atoms with Crippen molar-refractivity contribution in [1.29, 1.82) is 0 Å². The van der Waals surface area contributed by atoms with E-state index in [0.29, 0.717) is 35.1 Å². The summed E-state index contributed by atoms with van der Waals surface area (Å²) in [5.41, 5.74) is 1.78. The first kappa shape index (κ1) is 28.8. The largest absolute Gasteiger partial charge is 0.487 e. The number of urea groups is 2. The van der Waals surface area contributed by atoms with Gasteiger partial charge in [-0.15, -0.1) is 0 Å². The summed E-state index contributed by atoms with van der Waals surface area (Å²) in [5, 5.41) is 22.0. The highest BCUT2D eigenvalue weighted by Gasteiger charge is 2.34. The van der Waals surface area contributed by atoms with Crippen LogP contribution in [-0.2, 0) is 0 Å². The number of carbonyl (C=O) groups excluding carboxylic acids is 3. The zero-order chi connectivity index (χ0) is 28.1. The van der Waals surface area contributed by atoms with Gasteiger partial charge in [0.25, 0.3) is 5.91 Å². The first-order chi connectivity index (χ1) is 17.9. The summed E-state index contributed by atoms with van der Waals surface area (Å²) in [6.45, 7) is 11.2. The van der Waals surface area contributed by atoms with Crippen LogP contribution in [0.5, 0.6) is 5.75 Å². The average molecular weight is 531 g/mol. The summed E-state index contributed by atoms with van der Waals surface area (Å²) in [4.78, 5) is 41.8. The third-order valence-corrected chi connectivity index (χ3v) is 6.41. The van der Waals surface area contributed by atoms with Gasteiger partial charge in [0, 0.05) is 31.2 Å². The molecule has 2 heterocycles. The first-order valence-corrected chi connectivity index (χ1v) is 12.7. The fraction of sp³-hybridized carbons (Fsp3) is 0.538. The summed E-state index contributed by atoms with van der Waals surface area (Å²) >= 11 is 0. The molecule has 0 unspecified atom stereocenters. The molecule has 1 aliphatic rings. The van der Waals surface area contributed by atoms with Crippen LogP contribution in [0.4, 0.5) is 21.0 Å². The molecule has 12 heteroatoms. The van der Waals surface area contributed by atoms with Crippen molar-refractivity contribution in [2.45, 2.75) is 59.7 Å². The molecule has 2 aromatic rings. The van der Waals surface area contributed by atoms with Crippen LogP contribution in [0.3, 0.4) is 0 Å². The molecule has 0 saturated carbocycles. The number of benzene rings is 1. The van der Waals surface area contributed by atoms with Crippen LogP contribution in [0.1, 0.15) is 49.5 Å². The van der Waals surface area contributed by atoms with Crippen molar-refractivity contribution >= 4 is 29.3 Å². The highest BCUT2D eigenvalue weighted by Crippen LogP contribution is 2.31. The number of fused-ring (bicyclic) bond motifs is 1. The van der Waals surface area contributed by atoms with E-state index in [4.69, 9.17) is 9.26 Å². The van der Waals surface area contributed by atoms with Crippen LogP contribution in [-0.4, -0.2) is 83.0 Å². The van der Waals surface area contributed by atoms with Crippen LogP contribution < -0.4 is 20.7 Å². The number of aliphatic hydroxyl groups excluding tert-OH is 1. The van der Waals surface area contributed by atoms with Crippen molar-refractivity contribution in [3.63, 3.8) is 0 Å². The monoisotopic (exact) mass is 530 g/mol. The van der Waals surface area contributed by atoms with Gasteiger partial charge in [0.1, 0.15) is 23.2 Å². The van der Waals surface area contributed by atoms with E-state index in [9.17, 15) is 19.5 Å². The number of aliphatic hydroxyl groups is 1. The van der Waals surface area contributed by atoms with E-state index in [1.165, 1.54) is 4.90 Å². The maximum atomic E-state index is 13.5. The first-order valence-electron chi connectivity index (χ1n) is 12.7. The van der Waals surface area contributed by atoms with E-state index in [-0.39, 0.29) is 42.6 Å². The molecule has 208 valence electrons. The van der Waals surface area contributed by atoms with Crippen LogP contribution in [0.15, 0.2) is 22.7 Å². The zero-order valence-electron chi connectivity index (χ0n) is 23.0. The van der Waals surface area contributed by atoms with Gasteiger partial charge in [-0.3, -0.25) is 4.79 Å². The molecule has 0 fully saturated rings. The Bertz CT molecular complexity index is 1150. The third kappa shape index (κ3) is 6.74. The third-order valence-electron chi connectivity index (χ3n) is 6.41. The minimum Gasteiger partial charge on any atom is -0.487 e. The molecule has 4 N–H and O–H groups in total. The van der Waals surface area contributed by atoms with Crippen LogP contribution >= 0.6 is 0 Å². The van der Waals surface area contributed by atoms with E-state index < -0.39 is 18.2 Å². The topological polar surface area (TPSA) is 149 Å². The van der Waals surface area contributed by atoms with Gasteiger partial charge in [-0.1, -0.05) is 12.1 Å². The summed E-state index contributed by atoms with van der Waals surface area (Å²) in [6.07, 6.45) is -0.473. The van der Waals surface area contributed by atoms with Crippen LogP contribution in [0.2, 0.25) is 0 Å². The van der Waals surface area contributed by atoms with Gasteiger partial charge in [-0.25, -0.2) is 9.59 Å². The lowest BCUT2D eigenvalue weighted by Crippen LogP contribution is -2.50. The number of anilines is 2. The number of nitrogens with zero attached hydrogens (tertiary/aromatic N) is 3. The Hall–Kier alpha value is -3.80. The molecule has 0 bridgehead atoms. The van der Waals surface area contributed by atoms with Gasteiger partial charge in [0.05, 0.1) is 24.8 Å². The Kier molecular flexibility index (Phi) is 9.21. The number of carbonyl (C=O) groups is 3. The summed E-state index contributed by atoms with van der Waals surface area (Å²) in [5.74, 6) is 0.345. The van der Waals surface area contributed by atoms with E-state index in [1.54, 1.807) is 50.9 Å². The number of aryl methyl sites for hydroxylation is 2. The Balaban J connectivity index is 1.87. The fourth-order valence-corrected chi connectivity index (χ4v) is 4.16. The minimum absolute atomic E-state index is 0.0563. The van der Waals surface area contributed by atoms with E-state index >= 15 is 0 Å². The van der Waals surface area contributed by atoms with E-state index in [0.717, 1.165) is 0 Å². The lowest BCUT2D eigenvalue weighted by Gasteiger charge is -2.38. The van der Waals surface area contributed by atoms with Gasteiger partial charge in [-0.05, 0) is 52.8 Å². The summed E-state index contributed by atoms with van der Waals surface area (Å²) < 4.78 is 11.4. The van der Waals surface area contributed by atoms with Gasteiger partial charge >= 0.3 is 12.1 Å². The Morgan fingerprint density at radius 1 is 1.24 bits per heavy atom. The van der Waals surface area contributed by atoms with Crippen molar-refractivity contribution in [2.75, 3.05) is 37.4 Å². The highest BCUT2D eigenvalue weighted by molar-refractivity contribution is 5.99. The fourth-order valence-electron chi connectivity index (χ4n) is 4.16. The molecule has 0 radical (unpaired) electrons. The van der Waals surface area contributed by atoms with Crippen molar-refractivity contribution < 1.29 is 28.8 Å². The van der Waals surface area contributed by atoms with Crippen molar-refractivity contribution in [2.24, 2.45) is 5.92 Å². The molecular weight excluding hydrogens is 492 g/mol. The summed E-state index contributed by atoms with van der Waals surface area (Å²) in [6, 6.07) is 3.60. The van der Waals surface area contributed by atoms with Gasteiger partial charge in [0.15, 0.2) is 5.76 Å².